The molecule has 0 spiro atoms. The number of aryl methyl sites for hydroxylation is 1. The van der Waals surface area contributed by atoms with Crippen molar-refractivity contribution >= 4 is 17.5 Å². The molecule has 0 atom stereocenters. The van der Waals surface area contributed by atoms with Crippen LogP contribution in [0.3, 0.4) is 0 Å². The van der Waals surface area contributed by atoms with E-state index in [1.54, 1.807) is 53.2 Å². The first-order chi connectivity index (χ1) is 15.1. The Bertz CT molecular complexity index is 1110. The molecule has 3 aromatic rings. The molecular weight excluding hydrogens is 398 g/mol. The number of nitrogens with one attached hydrogen (secondary N) is 1. The van der Waals surface area contributed by atoms with Gasteiger partial charge in [0.2, 0.25) is 0 Å². The second kappa shape index (κ2) is 7.90. The lowest BCUT2D eigenvalue weighted by molar-refractivity contribution is 0.0733. The number of anilines is 1. The van der Waals surface area contributed by atoms with Crippen LogP contribution in [0.15, 0.2) is 41.1 Å². The van der Waals surface area contributed by atoms with Crippen LogP contribution in [0.5, 0.6) is 5.75 Å². The van der Waals surface area contributed by atoms with Gasteiger partial charge in [0.05, 0.1) is 31.1 Å². The maximum absolute atomic E-state index is 13.0. The van der Waals surface area contributed by atoms with Gasteiger partial charge in [-0.05, 0) is 43.5 Å². The lowest BCUT2D eigenvalue weighted by Crippen LogP contribution is -2.31. The molecule has 1 aliphatic heterocycles. The minimum atomic E-state index is -0.266. The predicted molar refractivity (Wildman–Crippen MR) is 111 cm³/mol. The maximum Gasteiger partial charge on any atom is 0.276 e. The van der Waals surface area contributed by atoms with Gasteiger partial charge in [0.15, 0.2) is 5.69 Å². The fourth-order valence-corrected chi connectivity index (χ4v) is 3.79. The van der Waals surface area contributed by atoms with E-state index >= 15 is 0 Å². The fraction of sp³-hybridized carbons (Fsp3) is 0.364. The van der Waals surface area contributed by atoms with E-state index < -0.39 is 0 Å². The molecule has 5 rings (SSSR count). The number of rotatable bonds is 5. The predicted octanol–water partition coefficient (Wildman–Crippen LogP) is 3.06. The molecule has 1 fully saturated rings. The van der Waals surface area contributed by atoms with Crippen molar-refractivity contribution in [2.75, 3.05) is 19.0 Å². The number of amides is 2. The molecule has 2 aliphatic rings. The summed E-state index contributed by atoms with van der Waals surface area (Å²) in [7, 11) is 1.59. The van der Waals surface area contributed by atoms with Crippen molar-refractivity contribution in [2.45, 2.75) is 38.3 Å². The lowest BCUT2D eigenvalue weighted by atomic mass is 10.2. The standard InChI is InChI=1S/C22H23N5O4/c1-30-16-7-5-15(6-8-16)24-21(28)17-12-23-27-10-2-9-26(13-19(17)27)22(29)18-11-20(31-25-18)14-3-4-14/h5-8,11-12,14H,2-4,9-10,13H2,1H3,(H,24,28). The number of hydrogen-bond acceptors (Lipinski definition) is 6. The number of ether oxygens (including phenoxy) is 1. The number of nitrogens with zero attached hydrogens (tertiary/aromatic N) is 4. The first kappa shape index (κ1) is 19.3. The van der Waals surface area contributed by atoms with Crippen molar-refractivity contribution in [1.82, 2.24) is 19.8 Å². The number of hydrogen-bond donors (Lipinski definition) is 1. The van der Waals surface area contributed by atoms with Crippen molar-refractivity contribution in [1.29, 1.82) is 0 Å². The largest absolute Gasteiger partial charge is 0.497 e. The smallest absolute Gasteiger partial charge is 0.276 e. The average molecular weight is 421 g/mol. The second-order valence-electron chi connectivity index (χ2n) is 7.88. The van der Waals surface area contributed by atoms with E-state index in [1.165, 1.54) is 0 Å². The third-order valence-electron chi connectivity index (χ3n) is 5.69. The molecule has 1 aromatic carbocycles. The summed E-state index contributed by atoms with van der Waals surface area (Å²) in [4.78, 5) is 27.7. The Balaban J connectivity index is 1.34. The summed E-state index contributed by atoms with van der Waals surface area (Å²) in [6.45, 7) is 1.49. The molecule has 1 saturated carbocycles. The molecule has 2 amide bonds. The van der Waals surface area contributed by atoms with E-state index in [0.29, 0.717) is 47.4 Å². The van der Waals surface area contributed by atoms with E-state index in [-0.39, 0.29) is 18.4 Å². The zero-order valence-electron chi connectivity index (χ0n) is 17.2. The first-order valence-corrected chi connectivity index (χ1v) is 10.4. The van der Waals surface area contributed by atoms with Crippen LogP contribution in [-0.4, -0.2) is 45.3 Å². The molecule has 1 aliphatic carbocycles. The van der Waals surface area contributed by atoms with Crippen LogP contribution in [0.4, 0.5) is 5.69 Å². The van der Waals surface area contributed by atoms with Gasteiger partial charge in [-0.3, -0.25) is 14.3 Å². The van der Waals surface area contributed by atoms with Crippen LogP contribution < -0.4 is 10.1 Å². The van der Waals surface area contributed by atoms with Gasteiger partial charge in [0.25, 0.3) is 11.8 Å². The first-order valence-electron chi connectivity index (χ1n) is 10.4. The van der Waals surface area contributed by atoms with Crippen LogP contribution in [0.25, 0.3) is 0 Å². The Morgan fingerprint density at radius 3 is 2.74 bits per heavy atom. The highest BCUT2D eigenvalue weighted by Crippen LogP contribution is 2.40. The number of fused-ring (bicyclic) bond motifs is 1. The summed E-state index contributed by atoms with van der Waals surface area (Å²) >= 11 is 0. The van der Waals surface area contributed by atoms with Crippen molar-refractivity contribution in [2.24, 2.45) is 0 Å². The van der Waals surface area contributed by atoms with Gasteiger partial charge in [0, 0.05) is 30.8 Å². The van der Waals surface area contributed by atoms with Crippen LogP contribution in [-0.2, 0) is 13.1 Å². The van der Waals surface area contributed by atoms with Crippen LogP contribution in [0.1, 0.15) is 57.5 Å². The maximum atomic E-state index is 13.0. The highest BCUT2D eigenvalue weighted by molar-refractivity contribution is 6.05. The molecule has 160 valence electrons. The van der Waals surface area contributed by atoms with Crippen LogP contribution in [0.2, 0.25) is 0 Å². The summed E-state index contributed by atoms with van der Waals surface area (Å²) in [5, 5.41) is 11.2. The fourth-order valence-electron chi connectivity index (χ4n) is 3.79. The van der Waals surface area contributed by atoms with Crippen molar-refractivity contribution < 1.29 is 18.8 Å². The zero-order valence-corrected chi connectivity index (χ0v) is 17.2. The minimum Gasteiger partial charge on any atom is -0.497 e. The van der Waals surface area contributed by atoms with Gasteiger partial charge in [-0.15, -0.1) is 0 Å². The zero-order chi connectivity index (χ0) is 21.4. The molecule has 0 unspecified atom stereocenters. The molecule has 1 N–H and O–H groups in total. The third kappa shape index (κ3) is 3.90. The van der Waals surface area contributed by atoms with Gasteiger partial charge in [-0.2, -0.15) is 5.10 Å². The van der Waals surface area contributed by atoms with E-state index in [1.807, 2.05) is 0 Å². The molecule has 31 heavy (non-hydrogen) atoms. The molecule has 9 nitrogen and oxygen atoms in total. The number of aromatic nitrogens is 3. The topological polar surface area (TPSA) is 102 Å². The quantitative estimate of drug-likeness (QED) is 0.679. The minimum absolute atomic E-state index is 0.188. The lowest BCUT2D eigenvalue weighted by Gasteiger charge is -2.19. The highest BCUT2D eigenvalue weighted by Gasteiger charge is 2.31. The Labute approximate surface area is 179 Å². The normalized spacial score (nSPS) is 15.8. The van der Waals surface area contributed by atoms with Crippen molar-refractivity contribution in [3.63, 3.8) is 0 Å². The molecule has 2 aromatic heterocycles. The third-order valence-corrected chi connectivity index (χ3v) is 5.69. The number of carbonyl (C=O) groups excluding carboxylic acids is 2. The van der Waals surface area contributed by atoms with Crippen LogP contribution in [0, 0.1) is 0 Å². The highest BCUT2D eigenvalue weighted by atomic mass is 16.5. The number of benzene rings is 1. The van der Waals surface area contributed by atoms with E-state index in [4.69, 9.17) is 9.26 Å². The summed E-state index contributed by atoms with van der Waals surface area (Å²) in [5.41, 5.74) is 2.14. The van der Waals surface area contributed by atoms with E-state index in [2.05, 4.69) is 15.6 Å². The van der Waals surface area contributed by atoms with E-state index in [9.17, 15) is 9.59 Å². The molecule has 3 heterocycles. The molecule has 0 bridgehead atoms. The van der Waals surface area contributed by atoms with Gasteiger partial charge < -0.3 is 19.5 Å². The monoisotopic (exact) mass is 421 g/mol. The summed E-state index contributed by atoms with van der Waals surface area (Å²) in [6, 6.07) is 8.86. The van der Waals surface area contributed by atoms with Crippen LogP contribution >= 0.6 is 0 Å². The summed E-state index contributed by atoms with van der Waals surface area (Å²) in [6.07, 6.45) is 4.47. The second-order valence-corrected chi connectivity index (χ2v) is 7.88. The number of carbonyl (C=O) groups is 2. The summed E-state index contributed by atoms with van der Waals surface area (Å²) in [5.74, 6) is 1.44. The van der Waals surface area contributed by atoms with Crippen molar-refractivity contribution in [3.8, 4) is 5.75 Å². The Kier molecular flexibility index (Phi) is 4.93. The van der Waals surface area contributed by atoms with Crippen molar-refractivity contribution in [3.05, 3.63) is 59.2 Å². The molecule has 0 radical (unpaired) electrons. The van der Waals surface area contributed by atoms with E-state index in [0.717, 1.165) is 25.0 Å². The molecular formula is C22H23N5O4. The molecule has 9 heteroatoms. The number of methoxy groups -OCH3 is 1. The van der Waals surface area contributed by atoms with Gasteiger partial charge in [0.1, 0.15) is 11.5 Å². The van der Waals surface area contributed by atoms with Gasteiger partial charge >= 0.3 is 0 Å². The van der Waals surface area contributed by atoms with Gasteiger partial charge in [-0.1, -0.05) is 5.16 Å². The summed E-state index contributed by atoms with van der Waals surface area (Å²) < 4.78 is 12.3. The Morgan fingerprint density at radius 2 is 2.00 bits per heavy atom. The Morgan fingerprint density at radius 1 is 1.19 bits per heavy atom. The SMILES string of the molecule is COc1ccc(NC(=O)c2cnn3c2CN(C(=O)c2cc(C4CC4)on2)CCC3)cc1. The van der Waals surface area contributed by atoms with Gasteiger partial charge in [-0.25, -0.2) is 0 Å². The molecule has 0 saturated heterocycles. The Hall–Kier alpha value is -3.62. The average Bonchev–Trinajstić information content (AvgIpc) is 3.45.